The summed E-state index contributed by atoms with van der Waals surface area (Å²) in [7, 11) is 1.60. The number of methoxy groups -OCH3 is 1. The molecule has 1 amide bonds. The first-order chi connectivity index (χ1) is 13.2. The molecule has 0 bridgehead atoms. The van der Waals surface area contributed by atoms with Gasteiger partial charge in [0.25, 0.3) is 5.91 Å². The van der Waals surface area contributed by atoms with Gasteiger partial charge in [0, 0.05) is 37.1 Å². The van der Waals surface area contributed by atoms with Crippen LogP contribution in [0.3, 0.4) is 0 Å². The molecule has 1 fully saturated rings. The van der Waals surface area contributed by atoms with Crippen molar-refractivity contribution in [3.05, 3.63) is 65.3 Å². The zero-order chi connectivity index (χ0) is 18.8. The Morgan fingerprint density at radius 1 is 1.04 bits per heavy atom. The van der Waals surface area contributed by atoms with Crippen LogP contribution < -0.4 is 9.64 Å². The zero-order valence-electron chi connectivity index (χ0n) is 15.1. The summed E-state index contributed by atoms with van der Waals surface area (Å²) in [5.74, 6) is 1.57. The number of piperazine rings is 1. The van der Waals surface area contributed by atoms with E-state index in [1.165, 1.54) is 0 Å². The van der Waals surface area contributed by atoms with Crippen molar-refractivity contribution in [1.29, 1.82) is 0 Å². The summed E-state index contributed by atoms with van der Waals surface area (Å²) in [5.41, 5.74) is 0.648. The number of rotatable bonds is 3. The van der Waals surface area contributed by atoms with E-state index < -0.39 is 0 Å². The molecule has 0 N–H and O–H groups in total. The first kappa shape index (κ1) is 17.6. The third-order valence-electron chi connectivity index (χ3n) is 4.89. The van der Waals surface area contributed by atoms with E-state index >= 15 is 0 Å². The Morgan fingerprint density at radius 3 is 2.59 bits per heavy atom. The number of hydrogen-bond donors (Lipinski definition) is 0. The molecule has 2 heterocycles. The summed E-state index contributed by atoms with van der Waals surface area (Å²) < 4.78 is 5.21. The average Bonchev–Trinajstić information content (AvgIpc) is 2.73. The number of amides is 1. The number of aromatic nitrogens is 1. The van der Waals surface area contributed by atoms with E-state index in [1.807, 2.05) is 47.4 Å². The quantitative estimate of drug-likeness (QED) is 0.646. The molecule has 0 spiro atoms. The monoisotopic (exact) mass is 381 g/mol. The highest BCUT2D eigenvalue weighted by Gasteiger charge is 2.23. The lowest BCUT2D eigenvalue weighted by Crippen LogP contribution is -2.49. The molecular weight excluding hydrogens is 362 g/mol. The van der Waals surface area contributed by atoms with Crippen LogP contribution in [0, 0.1) is 0 Å². The van der Waals surface area contributed by atoms with E-state index in [0.29, 0.717) is 29.6 Å². The largest absolute Gasteiger partial charge is 0.497 e. The summed E-state index contributed by atoms with van der Waals surface area (Å²) in [5, 5.41) is 2.54. The van der Waals surface area contributed by atoms with E-state index in [0.717, 1.165) is 29.7 Å². The van der Waals surface area contributed by atoms with Gasteiger partial charge in [0.05, 0.1) is 7.11 Å². The third kappa shape index (κ3) is 3.55. The van der Waals surface area contributed by atoms with E-state index in [-0.39, 0.29) is 5.91 Å². The van der Waals surface area contributed by atoms with Crippen molar-refractivity contribution in [2.45, 2.75) is 0 Å². The fraction of sp³-hybridized carbons (Fsp3) is 0.238. The Labute approximate surface area is 163 Å². The van der Waals surface area contributed by atoms with Crippen LogP contribution in [0.2, 0.25) is 5.15 Å². The Morgan fingerprint density at radius 2 is 1.81 bits per heavy atom. The van der Waals surface area contributed by atoms with Gasteiger partial charge in [-0.3, -0.25) is 4.79 Å². The fourth-order valence-electron chi connectivity index (χ4n) is 3.38. The highest BCUT2D eigenvalue weighted by atomic mass is 35.5. The second-order valence-electron chi connectivity index (χ2n) is 6.50. The molecule has 0 saturated carbocycles. The van der Waals surface area contributed by atoms with Crippen molar-refractivity contribution in [2.75, 3.05) is 38.2 Å². The molecule has 5 nitrogen and oxygen atoms in total. The molecule has 0 atom stereocenters. The number of benzene rings is 2. The second kappa shape index (κ2) is 7.45. The van der Waals surface area contributed by atoms with Crippen molar-refractivity contribution < 1.29 is 9.53 Å². The molecule has 1 aliphatic rings. The van der Waals surface area contributed by atoms with Gasteiger partial charge in [-0.05, 0) is 29.7 Å². The number of hydrogen-bond acceptors (Lipinski definition) is 4. The van der Waals surface area contributed by atoms with Crippen LogP contribution in [-0.2, 0) is 0 Å². The third-order valence-corrected chi connectivity index (χ3v) is 5.18. The number of ether oxygens (including phenoxy) is 1. The minimum absolute atomic E-state index is 0.0260. The van der Waals surface area contributed by atoms with Crippen LogP contribution in [0.4, 0.5) is 5.82 Å². The number of nitrogens with zero attached hydrogens (tertiary/aromatic N) is 3. The van der Waals surface area contributed by atoms with Crippen LogP contribution in [-0.4, -0.2) is 49.1 Å². The Kier molecular flexibility index (Phi) is 4.86. The number of pyridine rings is 1. The van der Waals surface area contributed by atoms with E-state index in [4.69, 9.17) is 16.3 Å². The SMILES string of the molecule is COc1cccc(C(=O)N2CCN(c3cc4ccccc4c(Cl)n3)CC2)c1. The second-order valence-corrected chi connectivity index (χ2v) is 6.86. The number of carbonyl (C=O) groups is 1. The fourth-order valence-corrected chi connectivity index (χ4v) is 3.64. The smallest absolute Gasteiger partial charge is 0.254 e. The van der Waals surface area contributed by atoms with Gasteiger partial charge in [-0.2, -0.15) is 0 Å². The van der Waals surface area contributed by atoms with Crippen LogP contribution in [0.25, 0.3) is 10.8 Å². The Bertz CT molecular complexity index is 984. The first-order valence-electron chi connectivity index (χ1n) is 8.89. The van der Waals surface area contributed by atoms with E-state index in [1.54, 1.807) is 13.2 Å². The van der Waals surface area contributed by atoms with Crippen LogP contribution in [0.15, 0.2) is 54.6 Å². The van der Waals surface area contributed by atoms with Gasteiger partial charge in [-0.1, -0.05) is 41.9 Å². The molecule has 27 heavy (non-hydrogen) atoms. The molecule has 0 aliphatic carbocycles. The van der Waals surface area contributed by atoms with Gasteiger partial charge in [0.15, 0.2) is 0 Å². The maximum Gasteiger partial charge on any atom is 0.254 e. The minimum Gasteiger partial charge on any atom is -0.497 e. The van der Waals surface area contributed by atoms with E-state index in [2.05, 4.69) is 16.0 Å². The summed E-state index contributed by atoms with van der Waals surface area (Å²) in [6.07, 6.45) is 0. The highest BCUT2D eigenvalue weighted by Crippen LogP contribution is 2.27. The maximum atomic E-state index is 12.8. The van der Waals surface area contributed by atoms with Crippen molar-refractivity contribution in [2.24, 2.45) is 0 Å². The summed E-state index contributed by atoms with van der Waals surface area (Å²) >= 11 is 6.35. The molecule has 138 valence electrons. The topological polar surface area (TPSA) is 45.7 Å². The summed E-state index contributed by atoms with van der Waals surface area (Å²) in [6, 6.07) is 17.3. The minimum atomic E-state index is 0.0260. The zero-order valence-corrected chi connectivity index (χ0v) is 15.8. The number of anilines is 1. The Hall–Kier alpha value is -2.79. The van der Waals surface area contributed by atoms with Crippen molar-refractivity contribution in [3.8, 4) is 5.75 Å². The van der Waals surface area contributed by atoms with Gasteiger partial charge >= 0.3 is 0 Å². The molecule has 6 heteroatoms. The number of carbonyl (C=O) groups excluding carboxylic acids is 1. The molecule has 4 rings (SSSR count). The normalized spacial score (nSPS) is 14.4. The number of fused-ring (bicyclic) bond motifs is 1. The molecule has 3 aromatic rings. The van der Waals surface area contributed by atoms with Gasteiger partial charge < -0.3 is 14.5 Å². The van der Waals surface area contributed by atoms with Gasteiger partial charge in [0.1, 0.15) is 16.7 Å². The lowest BCUT2D eigenvalue weighted by Gasteiger charge is -2.35. The van der Waals surface area contributed by atoms with Gasteiger partial charge in [0.2, 0.25) is 0 Å². The summed E-state index contributed by atoms with van der Waals surface area (Å²) in [6.45, 7) is 2.72. The molecule has 1 aromatic heterocycles. The number of halogens is 1. The standard InChI is InChI=1S/C21H20ClN3O2/c1-27-17-7-4-6-16(13-17)21(26)25-11-9-24(10-12-25)19-14-15-5-2-3-8-18(15)20(22)23-19/h2-8,13-14H,9-12H2,1H3. The van der Waals surface area contributed by atoms with Crippen LogP contribution >= 0.6 is 11.6 Å². The van der Waals surface area contributed by atoms with Crippen LogP contribution in [0.5, 0.6) is 5.75 Å². The molecule has 0 unspecified atom stereocenters. The molecule has 2 aromatic carbocycles. The lowest BCUT2D eigenvalue weighted by molar-refractivity contribution is 0.0746. The Balaban J connectivity index is 1.48. The van der Waals surface area contributed by atoms with Crippen molar-refractivity contribution >= 4 is 34.1 Å². The highest BCUT2D eigenvalue weighted by molar-refractivity contribution is 6.34. The average molecular weight is 382 g/mol. The predicted molar refractivity (Wildman–Crippen MR) is 108 cm³/mol. The lowest BCUT2D eigenvalue weighted by atomic mass is 10.1. The molecular formula is C21H20ClN3O2. The van der Waals surface area contributed by atoms with Crippen molar-refractivity contribution in [3.63, 3.8) is 0 Å². The van der Waals surface area contributed by atoms with Crippen LogP contribution in [0.1, 0.15) is 10.4 Å². The molecule has 1 saturated heterocycles. The molecule has 1 aliphatic heterocycles. The first-order valence-corrected chi connectivity index (χ1v) is 9.27. The van der Waals surface area contributed by atoms with Gasteiger partial charge in [-0.15, -0.1) is 0 Å². The van der Waals surface area contributed by atoms with E-state index in [9.17, 15) is 4.79 Å². The maximum absolute atomic E-state index is 12.8. The predicted octanol–water partition coefficient (Wildman–Crippen LogP) is 3.86. The van der Waals surface area contributed by atoms with Crippen molar-refractivity contribution in [1.82, 2.24) is 9.88 Å². The van der Waals surface area contributed by atoms with Gasteiger partial charge in [-0.25, -0.2) is 4.98 Å². The molecule has 0 radical (unpaired) electrons. The summed E-state index contributed by atoms with van der Waals surface area (Å²) in [4.78, 5) is 21.3.